The number of nitrogens with one attached hydrogen (secondary N) is 1. The van der Waals surface area contributed by atoms with Crippen LogP contribution in [0.1, 0.15) is 27.2 Å². The number of carbonyl (C=O) groups is 2. The van der Waals surface area contributed by atoms with Crippen LogP contribution in [0.4, 0.5) is 0 Å². The maximum atomic E-state index is 12.9. The molecule has 1 saturated heterocycles. The van der Waals surface area contributed by atoms with Crippen LogP contribution in [-0.2, 0) is 23.0 Å². The van der Waals surface area contributed by atoms with Gasteiger partial charge in [-0.1, -0.05) is 35.3 Å². The lowest BCUT2D eigenvalue weighted by Gasteiger charge is -2.27. The average Bonchev–Trinajstić information content (AvgIpc) is 3.13. The number of amides is 2. The molecule has 0 radical (unpaired) electrons. The summed E-state index contributed by atoms with van der Waals surface area (Å²) in [4.78, 5) is 23.8. The smallest absolute Gasteiger partial charge is 0.255 e. The largest absolute Gasteiger partial charge is 0.378 e. The maximum Gasteiger partial charge on any atom is 0.255 e. The molecular weight excluding hydrogens is 449 g/mol. The third-order valence-corrected chi connectivity index (χ3v) is 6.38. The van der Waals surface area contributed by atoms with Gasteiger partial charge < -0.3 is 19.5 Å². The predicted molar refractivity (Wildman–Crippen MR) is 129 cm³/mol. The molecule has 1 N–H and O–H groups in total. The summed E-state index contributed by atoms with van der Waals surface area (Å²) in [7, 11) is 3.61. The lowest BCUT2D eigenvalue weighted by atomic mass is 10.0. The Morgan fingerprint density at radius 3 is 2.50 bits per heavy atom. The van der Waals surface area contributed by atoms with E-state index in [9.17, 15) is 4.79 Å². The van der Waals surface area contributed by atoms with E-state index in [2.05, 4.69) is 41.1 Å². The molecule has 1 aliphatic heterocycles. The average molecular weight is 476 g/mol. The minimum Gasteiger partial charge on any atom is -0.378 e. The molecule has 3 aromatic rings. The van der Waals surface area contributed by atoms with Crippen LogP contribution in [0, 0.1) is 6.92 Å². The number of aryl methyl sites for hydroxylation is 2. The summed E-state index contributed by atoms with van der Waals surface area (Å²) in [6.07, 6.45) is 1.19. The van der Waals surface area contributed by atoms with Crippen molar-refractivity contribution in [3.8, 4) is 0 Å². The summed E-state index contributed by atoms with van der Waals surface area (Å²) in [5, 5.41) is 4.48. The number of morpholine rings is 1. The van der Waals surface area contributed by atoms with Crippen molar-refractivity contribution in [3.05, 3.63) is 68.8 Å². The van der Waals surface area contributed by atoms with Crippen molar-refractivity contribution in [1.29, 1.82) is 0 Å². The van der Waals surface area contributed by atoms with E-state index < -0.39 is 0 Å². The summed E-state index contributed by atoms with van der Waals surface area (Å²) in [6, 6.07) is 11.9. The van der Waals surface area contributed by atoms with Crippen LogP contribution < -0.4 is 5.32 Å². The highest BCUT2D eigenvalue weighted by atomic mass is 35.5. The van der Waals surface area contributed by atoms with E-state index >= 15 is 0 Å². The second-order valence-corrected chi connectivity index (χ2v) is 8.36. The van der Waals surface area contributed by atoms with Gasteiger partial charge in [-0.3, -0.25) is 9.59 Å². The van der Waals surface area contributed by atoms with Crippen LogP contribution in [0.15, 0.2) is 36.4 Å². The van der Waals surface area contributed by atoms with Crippen molar-refractivity contribution in [2.45, 2.75) is 13.3 Å². The number of ether oxygens (including phenoxy) is 1. The predicted octanol–water partition coefficient (Wildman–Crippen LogP) is 4.22. The fourth-order valence-corrected chi connectivity index (χ4v) is 4.36. The van der Waals surface area contributed by atoms with Gasteiger partial charge in [0.05, 0.1) is 23.8 Å². The van der Waals surface area contributed by atoms with Gasteiger partial charge in [0.25, 0.3) is 5.91 Å². The topological polar surface area (TPSA) is 63.6 Å². The van der Waals surface area contributed by atoms with Crippen molar-refractivity contribution < 1.29 is 14.3 Å². The third-order valence-electron chi connectivity index (χ3n) is 5.59. The van der Waals surface area contributed by atoms with E-state index in [-0.39, 0.29) is 5.91 Å². The summed E-state index contributed by atoms with van der Waals surface area (Å²) < 4.78 is 7.50. The first kappa shape index (κ1) is 24.1. The van der Waals surface area contributed by atoms with Gasteiger partial charge in [-0.25, -0.2) is 0 Å². The minimum absolute atomic E-state index is 0.0703. The summed E-state index contributed by atoms with van der Waals surface area (Å²) in [5.41, 5.74) is 4.78. The van der Waals surface area contributed by atoms with Gasteiger partial charge in [-0.2, -0.15) is 0 Å². The first-order valence-corrected chi connectivity index (χ1v) is 11.1. The second kappa shape index (κ2) is 10.9. The lowest BCUT2D eigenvalue weighted by molar-refractivity contribution is -0.109. The maximum absolute atomic E-state index is 12.9. The second-order valence-electron chi connectivity index (χ2n) is 7.58. The van der Waals surface area contributed by atoms with Gasteiger partial charge in [0.1, 0.15) is 0 Å². The van der Waals surface area contributed by atoms with E-state index in [1.54, 1.807) is 24.1 Å². The number of hydrogen-bond donors (Lipinski definition) is 1. The molecule has 0 aliphatic carbocycles. The summed E-state index contributed by atoms with van der Waals surface area (Å²) >= 11 is 13.2. The molecule has 2 heterocycles. The van der Waals surface area contributed by atoms with E-state index in [0.717, 1.165) is 11.3 Å². The van der Waals surface area contributed by atoms with Crippen molar-refractivity contribution in [3.63, 3.8) is 0 Å². The molecule has 170 valence electrons. The van der Waals surface area contributed by atoms with E-state index in [1.807, 2.05) is 7.05 Å². The highest BCUT2D eigenvalue weighted by Crippen LogP contribution is 2.33. The monoisotopic (exact) mass is 475 g/mol. The summed E-state index contributed by atoms with van der Waals surface area (Å²) in [5.74, 6) is -0.0703. The molecule has 8 heteroatoms. The molecule has 0 atom stereocenters. The molecule has 0 unspecified atom stereocenters. The number of aromatic nitrogens is 1. The molecule has 0 spiro atoms. The molecule has 4 rings (SSSR count). The fourth-order valence-electron chi connectivity index (χ4n) is 3.78. The zero-order valence-corrected chi connectivity index (χ0v) is 20.0. The van der Waals surface area contributed by atoms with E-state index in [0.29, 0.717) is 54.7 Å². The number of nitrogens with zero attached hydrogens (tertiary/aromatic N) is 2. The zero-order valence-electron chi connectivity index (χ0n) is 18.5. The number of benzene rings is 2. The number of rotatable bonds is 4. The SMILES string of the molecule is CNC=O.Cc1cccc2c1cc(Cc1c(Cl)ccc(C(=O)N3CCOCC3)c1Cl)n2C. The van der Waals surface area contributed by atoms with Crippen LogP contribution in [0.2, 0.25) is 10.0 Å². The molecule has 1 aromatic heterocycles. The van der Waals surface area contributed by atoms with Crippen LogP contribution >= 0.6 is 23.2 Å². The standard InChI is InChI=1S/C22H22Cl2N2O2.C2H5NO/c1-14-4-3-5-20-17(14)12-15(25(20)2)13-18-19(23)7-6-16(21(18)24)22(27)26-8-10-28-11-9-26;1-3-2-4/h3-7,12H,8-11,13H2,1-2H3;2H,1H3,(H,3,4). The third kappa shape index (κ3) is 5.09. The molecule has 1 aliphatic rings. The van der Waals surface area contributed by atoms with Gasteiger partial charge in [-0.15, -0.1) is 0 Å². The van der Waals surface area contributed by atoms with Gasteiger partial charge >= 0.3 is 0 Å². The lowest BCUT2D eigenvalue weighted by Crippen LogP contribution is -2.40. The van der Waals surface area contributed by atoms with Crippen LogP contribution in [0.25, 0.3) is 10.9 Å². The number of fused-ring (bicyclic) bond motifs is 1. The number of carbonyl (C=O) groups excluding carboxylic acids is 2. The van der Waals surface area contributed by atoms with E-state index in [4.69, 9.17) is 32.7 Å². The first-order chi connectivity index (χ1) is 15.4. The Balaban J connectivity index is 0.000000668. The molecule has 6 nitrogen and oxygen atoms in total. The zero-order chi connectivity index (χ0) is 23.3. The van der Waals surface area contributed by atoms with Crippen molar-refractivity contribution in [2.24, 2.45) is 7.05 Å². The fraction of sp³-hybridized carbons (Fsp3) is 0.333. The van der Waals surface area contributed by atoms with Crippen LogP contribution in [-0.4, -0.2) is 55.1 Å². The van der Waals surface area contributed by atoms with Crippen LogP contribution in [0.3, 0.4) is 0 Å². The molecule has 2 aromatic carbocycles. The molecule has 1 fully saturated rings. The minimum atomic E-state index is -0.0703. The van der Waals surface area contributed by atoms with E-state index in [1.165, 1.54) is 16.5 Å². The first-order valence-electron chi connectivity index (χ1n) is 10.4. The Morgan fingerprint density at radius 2 is 1.88 bits per heavy atom. The van der Waals surface area contributed by atoms with Crippen LogP contribution in [0.5, 0.6) is 0 Å². The quantitative estimate of drug-likeness (QED) is 0.574. The van der Waals surface area contributed by atoms with Gasteiger partial charge in [-0.05, 0) is 42.3 Å². The Hall–Kier alpha value is -2.54. The number of halogens is 2. The van der Waals surface area contributed by atoms with Crippen molar-refractivity contribution in [2.75, 3.05) is 33.4 Å². The molecular formula is C24H27Cl2N3O3. The van der Waals surface area contributed by atoms with Gasteiger partial charge in [0.15, 0.2) is 0 Å². The Bertz CT molecular complexity index is 1120. The summed E-state index contributed by atoms with van der Waals surface area (Å²) in [6.45, 7) is 4.37. The Morgan fingerprint density at radius 1 is 1.19 bits per heavy atom. The molecule has 2 amide bonds. The highest BCUT2D eigenvalue weighted by Gasteiger charge is 2.23. The Kier molecular flexibility index (Phi) is 8.18. The van der Waals surface area contributed by atoms with Crippen molar-refractivity contribution in [1.82, 2.24) is 14.8 Å². The normalized spacial score (nSPS) is 13.5. The molecule has 32 heavy (non-hydrogen) atoms. The number of hydrogen-bond acceptors (Lipinski definition) is 3. The van der Waals surface area contributed by atoms with Gasteiger partial charge in [0.2, 0.25) is 6.41 Å². The molecule has 0 saturated carbocycles. The Labute approximate surface area is 198 Å². The van der Waals surface area contributed by atoms with Crippen molar-refractivity contribution >= 4 is 46.4 Å². The highest BCUT2D eigenvalue weighted by molar-refractivity contribution is 6.38. The van der Waals surface area contributed by atoms with Gasteiger partial charge in [0, 0.05) is 55.2 Å². The molecule has 0 bridgehead atoms.